The Hall–Kier alpha value is -0.770. The first-order valence-corrected chi connectivity index (χ1v) is 7.03. The van der Waals surface area contributed by atoms with Crippen molar-refractivity contribution < 1.29 is 0 Å². The fourth-order valence-corrected chi connectivity index (χ4v) is 3.03. The SMILES string of the molecule is Cc1cc(CN)ccc1Sc1ccccc1Br. The fourth-order valence-electron chi connectivity index (χ4n) is 1.60. The molecule has 0 aliphatic heterocycles. The third kappa shape index (κ3) is 3.12. The molecule has 0 bridgehead atoms. The van der Waals surface area contributed by atoms with Crippen LogP contribution in [-0.2, 0) is 6.54 Å². The van der Waals surface area contributed by atoms with Gasteiger partial charge in [-0.3, -0.25) is 0 Å². The van der Waals surface area contributed by atoms with Crippen molar-refractivity contribution in [3.8, 4) is 0 Å². The molecule has 0 saturated carbocycles. The molecule has 0 atom stereocenters. The maximum Gasteiger partial charge on any atom is 0.0314 e. The Morgan fingerprint density at radius 1 is 1.12 bits per heavy atom. The number of hydrogen-bond acceptors (Lipinski definition) is 2. The van der Waals surface area contributed by atoms with Crippen LogP contribution in [0, 0.1) is 6.92 Å². The predicted octanol–water partition coefficient (Wildman–Crippen LogP) is 4.37. The van der Waals surface area contributed by atoms with Gasteiger partial charge in [0.1, 0.15) is 0 Å². The maximum absolute atomic E-state index is 5.63. The molecule has 0 aliphatic rings. The van der Waals surface area contributed by atoms with Gasteiger partial charge in [0.2, 0.25) is 0 Å². The first kappa shape index (κ1) is 12.7. The molecule has 1 nitrogen and oxygen atoms in total. The van der Waals surface area contributed by atoms with Gasteiger partial charge in [-0.15, -0.1) is 0 Å². The Bertz CT molecular complexity index is 525. The molecule has 0 spiro atoms. The van der Waals surface area contributed by atoms with Crippen LogP contribution in [0.4, 0.5) is 0 Å². The van der Waals surface area contributed by atoms with Crippen molar-refractivity contribution in [2.45, 2.75) is 23.3 Å². The van der Waals surface area contributed by atoms with Gasteiger partial charge in [0.25, 0.3) is 0 Å². The van der Waals surface area contributed by atoms with Crippen molar-refractivity contribution in [3.63, 3.8) is 0 Å². The van der Waals surface area contributed by atoms with Gasteiger partial charge >= 0.3 is 0 Å². The molecule has 0 fully saturated rings. The number of rotatable bonds is 3. The molecule has 88 valence electrons. The monoisotopic (exact) mass is 307 g/mol. The van der Waals surface area contributed by atoms with Crippen LogP contribution >= 0.6 is 27.7 Å². The number of hydrogen-bond donors (Lipinski definition) is 1. The van der Waals surface area contributed by atoms with E-state index in [1.54, 1.807) is 11.8 Å². The van der Waals surface area contributed by atoms with Gasteiger partial charge in [-0.05, 0) is 52.2 Å². The molecule has 2 rings (SSSR count). The van der Waals surface area contributed by atoms with E-state index < -0.39 is 0 Å². The summed E-state index contributed by atoms with van der Waals surface area (Å²) in [6, 6.07) is 14.6. The first-order chi connectivity index (χ1) is 8.20. The summed E-state index contributed by atoms with van der Waals surface area (Å²) < 4.78 is 1.13. The lowest BCUT2D eigenvalue weighted by molar-refractivity contribution is 1.05. The second-order valence-corrected chi connectivity index (χ2v) is 5.77. The summed E-state index contributed by atoms with van der Waals surface area (Å²) in [6.45, 7) is 2.72. The van der Waals surface area contributed by atoms with E-state index in [2.05, 4.69) is 59.3 Å². The van der Waals surface area contributed by atoms with Crippen molar-refractivity contribution in [1.29, 1.82) is 0 Å². The van der Waals surface area contributed by atoms with E-state index in [0.29, 0.717) is 6.54 Å². The maximum atomic E-state index is 5.63. The quantitative estimate of drug-likeness (QED) is 0.911. The summed E-state index contributed by atoms with van der Waals surface area (Å²) in [7, 11) is 0. The lowest BCUT2D eigenvalue weighted by Crippen LogP contribution is -1.96. The molecule has 2 aromatic rings. The van der Waals surface area contributed by atoms with Crippen LogP contribution in [0.25, 0.3) is 0 Å². The van der Waals surface area contributed by atoms with E-state index in [-0.39, 0.29) is 0 Å². The van der Waals surface area contributed by atoms with E-state index in [9.17, 15) is 0 Å². The van der Waals surface area contributed by atoms with Gasteiger partial charge in [-0.25, -0.2) is 0 Å². The molecule has 0 aliphatic carbocycles. The molecule has 0 heterocycles. The second kappa shape index (κ2) is 5.71. The summed E-state index contributed by atoms with van der Waals surface area (Å²) in [5, 5.41) is 0. The summed E-state index contributed by atoms with van der Waals surface area (Å²) in [5.74, 6) is 0. The molecule has 0 aromatic heterocycles. The highest BCUT2D eigenvalue weighted by Gasteiger charge is 2.04. The molecule has 3 heteroatoms. The van der Waals surface area contributed by atoms with Crippen molar-refractivity contribution >= 4 is 27.7 Å². The average Bonchev–Trinajstić information content (AvgIpc) is 2.34. The van der Waals surface area contributed by atoms with E-state index in [1.165, 1.54) is 20.9 Å². The van der Waals surface area contributed by atoms with Crippen molar-refractivity contribution in [3.05, 3.63) is 58.1 Å². The van der Waals surface area contributed by atoms with Crippen LogP contribution in [0.3, 0.4) is 0 Å². The minimum absolute atomic E-state index is 0.598. The topological polar surface area (TPSA) is 26.0 Å². The highest BCUT2D eigenvalue weighted by molar-refractivity contribution is 9.10. The van der Waals surface area contributed by atoms with Crippen LogP contribution in [0.2, 0.25) is 0 Å². The van der Waals surface area contributed by atoms with Gasteiger partial charge in [-0.1, -0.05) is 36.0 Å². The summed E-state index contributed by atoms with van der Waals surface area (Å²) in [5.41, 5.74) is 8.08. The summed E-state index contributed by atoms with van der Waals surface area (Å²) in [4.78, 5) is 2.50. The van der Waals surface area contributed by atoms with E-state index in [0.717, 1.165) is 4.47 Å². The highest BCUT2D eigenvalue weighted by Crippen LogP contribution is 2.35. The second-order valence-electron chi connectivity index (χ2n) is 3.84. The zero-order valence-corrected chi connectivity index (χ0v) is 12.0. The molecule has 0 unspecified atom stereocenters. The molecule has 0 radical (unpaired) electrons. The molecule has 17 heavy (non-hydrogen) atoms. The Morgan fingerprint density at radius 2 is 1.88 bits per heavy atom. The molecule has 2 N–H and O–H groups in total. The first-order valence-electron chi connectivity index (χ1n) is 5.42. The summed E-state index contributed by atoms with van der Waals surface area (Å²) in [6.07, 6.45) is 0. The molecule has 2 aromatic carbocycles. The van der Waals surface area contributed by atoms with E-state index in [4.69, 9.17) is 5.73 Å². The van der Waals surface area contributed by atoms with Crippen LogP contribution in [0.15, 0.2) is 56.7 Å². The minimum Gasteiger partial charge on any atom is -0.326 e. The Morgan fingerprint density at radius 3 is 2.53 bits per heavy atom. The van der Waals surface area contributed by atoms with Gasteiger partial charge in [-0.2, -0.15) is 0 Å². The molecule has 0 saturated heterocycles. The van der Waals surface area contributed by atoms with Crippen LogP contribution in [0.1, 0.15) is 11.1 Å². The number of halogens is 1. The Kier molecular flexibility index (Phi) is 4.26. The molecule has 0 amide bonds. The Labute approximate surface area is 115 Å². The van der Waals surface area contributed by atoms with Crippen LogP contribution < -0.4 is 5.73 Å². The van der Waals surface area contributed by atoms with E-state index >= 15 is 0 Å². The number of aryl methyl sites for hydroxylation is 1. The van der Waals surface area contributed by atoms with Crippen molar-refractivity contribution in [2.75, 3.05) is 0 Å². The fraction of sp³-hybridized carbons (Fsp3) is 0.143. The minimum atomic E-state index is 0.598. The van der Waals surface area contributed by atoms with Gasteiger partial charge in [0.05, 0.1) is 0 Å². The largest absolute Gasteiger partial charge is 0.326 e. The number of nitrogens with two attached hydrogens (primary N) is 1. The third-order valence-electron chi connectivity index (χ3n) is 2.53. The van der Waals surface area contributed by atoms with Gasteiger partial charge in [0, 0.05) is 20.8 Å². The van der Waals surface area contributed by atoms with Crippen molar-refractivity contribution in [2.24, 2.45) is 5.73 Å². The zero-order chi connectivity index (χ0) is 12.3. The lowest BCUT2D eigenvalue weighted by atomic mass is 10.1. The standard InChI is InChI=1S/C14H14BrNS/c1-10-8-11(9-16)6-7-13(10)17-14-5-3-2-4-12(14)15/h2-8H,9,16H2,1H3. The average molecular weight is 308 g/mol. The van der Waals surface area contributed by atoms with E-state index in [1.807, 2.05) is 6.07 Å². The Balaban J connectivity index is 2.28. The zero-order valence-electron chi connectivity index (χ0n) is 9.61. The number of benzene rings is 2. The van der Waals surface area contributed by atoms with Gasteiger partial charge < -0.3 is 5.73 Å². The van der Waals surface area contributed by atoms with Crippen LogP contribution in [-0.4, -0.2) is 0 Å². The third-order valence-corrected chi connectivity index (χ3v) is 4.74. The highest BCUT2D eigenvalue weighted by atomic mass is 79.9. The summed E-state index contributed by atoms with van der Waals surface area (Å²) >= 11 is 5.34. The smallest absolute Gasteiger partial charge is 0.0314 e. The van der Waals surface area contributed by atoms with Gasteiger partial charge in [0.15, 0.2) is 0 Å². The predicted molar refractivity (Wildman–Crippen MR) is 77.3 cm³/mol. The molecular formula is C14H14BrNS. The lowest BCUT2D eigenvalue weighted by Gasteiger charge is -2.08. The normalized spacial score (nSPS) is 10.5. The molecular weight excluding hydrogens is 294 g/mol. The van der Waals surface area contributed by atoms with Crippen molar-refractivity contribution in [1.82, 2.24) is 0 Å². The van der Waals surface area contributed by atoms with Crippen LogP contribution in [0.5, 0.6) is 0 Å².